The number of benzene rings is 2. The third-order valence-corrected chi connectivity index (χ3v) is 10.6. The molecule has 1 saturated carbocycles. The minimum Gasteiger partial charge on any atom is -0.381 e. The first-order chi connectivity index (χ1) is 23.0. The van der Waals surface area contributed by atoms with Gasteiger partial charge in [0, 0.05) is 54.4 Å². The molecule has 4 rings (SSSR count). The molecular formula is C41H59FO4S. The molecular weight excluding hydrogens is 608 g/mol. The van der Waals surface area contributed by atoms with Gasteiger partial charge in [0.05, 0.1) is 18.8 Å². The van der Waals surface area contributed by atoms with Crippen LogP contribution in [0.5, 0.6) is 0 Å². The largest absolute Gasteiger partial charge is 0.381 e. The van der Waals surface area contributed by atoms with Crippen molar-refractivity contribution < 1.29 is 23.3 Å². The van der Waals surface area contributed by atoms with Crippen LogP contribution in [0.1, 0.15) is 113 Å². The van der Waals surface area contributed by atoms with E-state index in [-0.39, 0.29) is 36.0 Å². The summed E-state index contributed by atoms with van der Waals surface area (Å²) < 4.78 is 40.2. The van der Waals surface area contributed by atoms with Crippen molar-refractivity contribution in [1.29, 1.82) is 0 Å². The Morgan fingerprint density at radius 2 is 1.32 bits per heavy atom. The van der Waals surface area contributed by atoms with Gasteiger partial charge in [-0.3, -0.25) is 0 Å². The Balaban J connectivity index is 1.65. The average Bonchev–Trinajstić information content (AvgIpc) is 3.54. The average molecular weight is 667 g/mol. The van der Waals surface area contributed by atoms with Gasteiger partial charge >= 0.3 is 0 Å². The second-order valence-corrected chi connectivity index (χ2v) is 14.4. The molecule has 2 aromatic carbocycles. The van der Waals surface area contributed by atoms with Gasteiger partial charge < -0.3 is 18.9 Å². The van der Waals surface area contributed by atoms with Gasteiger partial charge in [-0.15, -0.1) is 11.3 Å². The molecule has 1 fully saturated rings. The topological polar surface area (TPSA) is 36.9 Å². The minimum absolute atomic E-state index is 0.0520. The first kappa shape index (κ1) is 37.7. The van der Waals surface area contributed by atoms with E-state index in [1.807, 2.05) is 12.1 Å². The van der Waals surface area contributed by atoms with E-state index in [1.165, 1.54) is 33.7 Å². The normalized spacial score (nSPS) is 21.4. The molecule has 0 bridgehead atoms. The van der Waals surface area contributed by atoms with Crippen LogP contribution >= 0.6 is 11.3 Å². The predicted molar refractivity (Wildman–Crippen MR) is 194 cm³/mol. The molecule has 6 heteroatoms. The van der Waals surface area contributed by atoms with Crippen LogP contribution in [0.3, 0.4) is 0 Å². The first-order valence-electron chi connectivity index (χ1n) is 18.4. The van der Waals surface area contributed by atoms with Crippen molar-refractivity contribution in [2.45, 2.75) is 123 Å². The number of thiophene rings is 1. The maximum atomic E-state index is 13.5. The van der Waals surface area contributed by atoms with E-state index in [2.05, 4.69) is 65.0 Å². The molecule has 0 N–H and O–H groups in total. The van der Waals surface area contributed by atoms with Gasteiger partial charge in [0.2, 0.25) is 0 Å². The van der Waals surface area contributed by atoms with Crippen molar-refractivity contribution >= 4 is 11.3 Å². The van der Waals surface area contributed by atoms with Gasteiger partial charge in [-0.25, -0.2) is 4.39 Å². The summed E-state index contributed by atoms with van der Waals surface area (Å²) in [7, 11) is 0. The highest BCUT2D eigenvalue weighted by Gasteiger charge is 2.47. The molecule has 0 radical (unpaired) electrons. The van der Waals surface area contributed by atoms with Crippen molar-refractivity contribution in [2.24, 2.45) is 5.92 Å². The van der Waals surface area contributed by atoms with Gasteiger partial charge in [-0.05, 0) is 85.5 Å². The number of unbranched alkanes of at least 4 members (excludes halogenated alkanes) is 4. The van der Waals surface area contributed by atoms with E-state index >= 15 is 0 Å². The molecule has 4 nitrogen and oxygen atoms in total. The SMILES string of the molecule is CCCCOC[C@H]1C[C@@H](c2ccc(C)c(Cc3ccc(-c4ccc(F)cc4)s3)c2)[C@H](OCCCC)[C@@H](OCCCC)[C@@H]1OCCCC. The summed E-state index contributed by atoms with van der Waals surface area (Å²) in [4.78, 5) is 2.47. The minimum atomic E-state index is -0.204. The number of hydrogen-bond donors (Lipinski definition) is 0. The number of aryl methyl sites for hydroxylation is 1. The fourth-order valence-electron chi connectivity index (χ4n) is 6.51. The second kappa shape index (κ2) is 20.4. The lowest BCUT2D eigenvalue weighted by Gasteiger charge is -2.47. The molecule has 1 aliphatic carbocycles. The first-order valence-corrected chi connectivity index (χ1v) is 19.2. The highest BCUT2D eigenvalue weighted by atomic mass is 32.1. The molecule has 0 saturated heterocycles. The molecule has 1 heterocycles. The van der Waals surface area contributed by atoms with Crippen LogP contribution in [-0.2, 0) is 25.4 Å². The Morgan fingerprint density at radius 3 is 1.98 bits per heavy atom. The lowest BCUT2D eigenvalue weighted by atomic mass is 9.72. The van der Waals surface area contributed by atoms with Crippen molar-refractivity contribution in [2.75, 3.05) is 33.0 Å². The predicted octanol–water partition coefficient (Wildman–Crippen LogP) is 10.9. The summed E-state index contributed by atoms with van der Waals surface area (Å²) >= 11 is 1.79. The highest BCUT2D eigenvalue weighted by molar-refractivity contribution is 7.15. The Bertz CT molecular complexity index is 1290. The fourth-order valence-corrected chi connectivity index (χ4v) is 7.55. The zero-order chi connectivity index (χ0) is 33.4. The van der Waals surface area contributed by atoms with Crippen LogP contribution in [0.15, 0.2) is 54.6 Å². The Morgan fingerprint density at radius 1 is 0.702 bits per heavy atom. The summed E-state index contributed by atoms with van der Waals surface area (Å²) in [6, 6.07) is 18.2. The maximum absolute atomic E-state index is 13.5. The number of rotatable bonds is 21. The van der Waals surface area contributed by atoms with E-state index < -0.39 is 0 Å². The van der Waals surface area contributed by atoms with Gasteiger partial charge in [-0.2, -0.15) is 0 Å². The summed E-state index contributed by atoms with van der Waals surface area (Å²) in [6.45, 7) is 14.7. The smallest absolute Gasteiger partial charge is 0.123 e. The third-order valence-electron chi connectivity index (χ3n) is 9.42. The lowest BCUT2D eigenvalue weighted by Crippen LogP contribution is -2.55. The second-order valence-electron chi connectivity index (χ2n) is 13.2. The standard InChI is InChI=1S/C41H59FO4S/c1-6-10-22-43-29-34-28-37(40(45-24-12-8-3)41(46-25-13-9-4)39(34)44-23-11-7-2)32-15-14-30(5)33(26-32)27-36-20-21-38(47-36)31-16-18-35(42)19-17-31/h14-21,26,34,37,39-41H,6-13,22-25,27-29H2,1-5H3/t34-,37+,39-,40+,41+/m1/s1. The van der Waals surface area contributed by atoms with Crippen LogP contribution in [0.2, 0.25) is 0 Å². The molecule has 1 aromatic heterocycles. The van der Waals surface area contributed by atoms with Crippen LogP contribution in [0, 0.1) is 18.7 Å². The monoisotopic (exact) mass is 666 g/mol. The quantitative estimate of drug-likeness (QED) is 0.106. The molecule has 47 heavy (non-hydrogen) atoms. The zero-order valence-corrected chi connectivity index (χ0v) is 30.4. The Hall–Kier alpha value is -2.09. The molecule has 0 aliphatic heterocycles. The van der Waals surface area contributed by atoms with Crippen LogP contribution < -0.4 is 0 Å². The van der Waals surface area contributed by atoms with Gasteiger partial charge in [-0.1, -0.05) is 83.7 Å². The molecule has 5 atom stereocenters. The molecule has 0 spiro atoms. The van der Waals surface area contributed by atoms with Crippen LogP contribution in [-0.4, -0.2) is 51.3 Å². The van der Waals surface area contributed by atoms with E-state index in [1.54, 1.807) is 11.3 Å². The number of hydrogen-bond acceptors (Lipinski definition) is 5. The van der Waals surface area contributed by atoms with E-state index in [9.17, 15) is 4.39 Å². The van der Waals surface area contributed by atoms with Gasteiger partial charge in [0.1, 0.15) is 11.9 Å². The fraction of sp³-hybridized carbons (Fsp3) is 0.610. The molecule has 3 aromatic rings. The summed E-state index contributed by atoms with van der Waals surface area (Å²) in [6.07, 6.45) is 10.1. The number of halogens is 1. The van der Waals surface area contributed by atoms with Crippen molar-refractivity contribution in [3.05, 3.63) is 82.0 Å². The summed E-state index contributed by atoms with van der Waals surface area (Å²) in [5.74, 6) is 0.206. The zero-order valence-electron chi connectivity index (χ0n) is 29.6. The Labute approximate surface area is 288 Å². The van der Waals surface area contributed by atoms with E-state index in [4.69, 9.17) is 18.9 Å². The van der Waals surface area contributed by atoms with Crippen molar-refractivity contribution in [1.82, 2.24) is 0 Å². The Kier molecular flexibility index (Phi) is 16.4. The molecule has 0 amide bonds. The molecule has 0 unspecified atom stereocenters. The van der Waals surface area contributed by atoms with Gasteiger partial charge in [0.15, 0.2) is 0 Å². The molecule has 1 aliphatic rings. The van der Waals surface area contributed by atoms with E-state index in [0.29, 0.717) is 13.2 Å². The van der Waals surface area contributed by atoms with Crippen LogP contribution in [0.4, 0.5) is 4.39 Å². The van der Waals surface area contributed by atoms with Crippen molar-refractivity contribution in [3.63, 3.8) is 0 Å². The lowest BCUT2D eigenvalue weighted by molar-refractivity contribution is -0.191. The maximum Gasteiger partial charge on any atom is 0.123 e. The summed E-state index contributed by atoms with van der Waals surface area (Å²) in [5.41, 5.74) is 5.00. The molecule has 260 valence electrons. The summed E-state index contributed by atoms with van der Waals surface area (Å²) in [5, 5.41) is 0. The number of ether oxygens (including phenoxy) is 4. The van der Waals surface area contributed by atoms with Gasteiger partial charge in [0.25, 0.3) is 0 Å². The van der Waals surface area contributed by atoms with Crippen LogP contribution in [0.25, 0.3) is 10.4 Å². The van der Waals surface area contributed by atoms with E-state index in [0.717, 1.165) is 94.5 Å². The van der Waals surface area contributed by atoms with Crippen molar-refractivity contribution in [3.8, 4) is 10.4 Å². The highest BCUT2D eigenvalue weighted by Crippen LogP contribution is 2.42. The third kappa shape index (κ3) is 11.2.